The van der Waals surface area contributed by atoms with Gasteiger partial charge in [-0.05, 0) is 65.0 Å². The van der Waals surface area contributed by atoms with Crippen molar-refractivity contribution in [3.05, 3.63) is 23.5 Å². The van der Waals surface area contributed by atoms with Crippen LogP contribution < -0.4 is 20.9 Å². The molecule has 3 fully saturated rings. The molecule has 0 aromatic carbocycles. The summed E-state index contributed by atoms with van der Waals surface area (Å²) >= 11 is 0. The zero-order chi connectivity index (χ0) is 27.0. The number of carbonyl (C=O) groups is 2. The van der Waals surface area contributed by atoms with Crippen molar-refractivity contribution in [2.24, 2.45) is 5.92 Å². The molecule has 1 aliphatic carbocycles. The molecule has 3 heterocycles. The lowest BCUT2D eigenvalue weighted by atomic mass is 9.71. The van der Waals surface area contributed by atoms with E-state index in [2.05, 4.69) is 21.1 Å². The summed E-state index contributed by atoms with van der Waals surface area (Å²) in [6, 6.07) is 0.0102. The van der Waals surface area contributed by atoms with Crippen LogP contribution in [-0.2, 0) is 19.8 Å². The molecule has 10 nitrogen and oxygen atoms in total. The van der Waals surface area contributed by atoms with Crippen LogP contribution in [0.4, 0.5) is 4.79 Å². The summed E-state index contributed by atoms with van der Waals surface area (Å²) in [5, 5.41) is 6.31. The minimum atomic E-state index is -0.598. The van der Waals surface area contributed by atoms with E-state index < -0.39 is 17.9 Å². The molecule has 10 heteroatoms. The van der Waals surface area contributed by atoms with Crippen LogP contribution in [0.1, 0.15) is 96.2 Å². The van der Waals surface area contributed by atoms with Gasteiger partial charge in [-0.1, -0.05) is 32.1 Å². The van der Waals surface area contributed by atoms with E-state index >= 15 is 0 Å². The van der Waals surface area contributed by atoms with Gasteiger partial charge in [0.25, 0.3) is 5.91 Å². The van der Waals surface area contributed by atoms with Crippen LogP contribution in [0.25, 0.3) is 6.08 Å². The Morgan fingerprint density at radius 3 is 2.66 bits per heavy atom. The number of rotatable bonds is 8. The van der Waals surface area contributed by atoms with Crippen molar-refractivity contribution in [2.75, 3.05) is 19.7 Å². The first-order valence-electron chi connectivity index (χ1n) is 14.1. The normalized spacial score (nSPS) is 24.9. The molecule has 1 aromatic rings. The summed E-state index contributed by atoms with van der Waals surface area (Å²) in [6.07, 6.45) is 14.7. The van der Waals surface area contributed by atoms with Crippen molar-refractivity contribution in [1.29, 1.82) is 0 Å². The Bertz CT molecular complexity index is 974. The SMILES string of the molecule is CC(C)(C)NC(=O)Oc1ncc(C=CC(=O)NOC2CCCCO2)c([C@]2(CC3CCCCC3)CCNC2)n1. The van der Waals surface area contributed by atoms with Crippen LogP contribution in [0.3, 0.4) is 0 Å². The quantitative estimate of drug-likeness (QED) is 0.339. The number of carbonyl (C=O) groups excluding carboxylic acids is 2. The highest BCUT2D eigenvalue weighted by Gasteiger charge is 2.41. The number of ether oxygens (including phenoxy) is 2. The number of hydroxylamine groups is 1. The van der Waals surface area contributed by atoms with Gasteiger partial charge in [-0.2, -0.15) is 4.98 Å². The van der Waals surface area contributed by atoms with E-state index in [1.165, 1.54) is 38.2 Å². The molecule has 3 aliphatic rings. The van der Waals surface area contributed by atoms with Gasteiger partial charge in [-0.3, -0.25) is 4.79 Å². The highest BCUT2D eigenvalue weighted by Crippen LogP contribution is 2.42. The van der Waals surface area contributed by atoms with Crippen LogP contribution in [0.5, 0.6) is 6.01 Å². The smallest absolute Gasteiger partial charge is 0.374 e. The van der Waals surface area contributed by atoms with Crippen molar-refractivity contribution in [3.63, 3.8) is 0 Å². The van der Waals surface area contributed by atoms with Gasteiger partial charge in [-0.15, -0.1) is 0 Å². The Labute approximate surface area is 225 Å². The third kappa shape index (κ3) is 8.22. The van der Waals surface area contributed by atoms with E-state index in [4.69, 9.17) is 19.3 Å². The number of amides is 2. The van der Waals surface area contributed by atoms with Crippen LogP contribution in [-0.4, -0.2) is 53.5 Å². The van der Waals surface area contributed by atoms with Crippen molar-refractivity contribution in [1.82, 2.24) is 26.1 Å². The van der Waals surface area contributed by atoms with Gasteiger partial charge >= 0.3 is 12.1 Å². The summed E-state index contributed by atoms with van der Waals surface area (Å²) < 4.78 is 11.0. The highest BCUT2D eigenvalue weighted by molar-refractivity contribution is 5.91. The molecular weight excluding hydrogens is 486 g/mol. The second-order valence-corrected chi connectivity index (χ2v) is 11.8. The molecule has 2 atom stereocenters. The molecular formula is C28H43N5O5. The molecule has 4 rings (SSSR count). The summed E-state index contributed by atoms with van der Waals surface area (Å²) in [6.45, 7) is 7.95. The van der Waals surface area contributed by atoms with Gasteiger partial charge in [0, 0.05) is 48.4 Å². The molecule has 1 unspecified atom stereocenters. The van der Waals surface area contributed by atoms with E-state index in [1.54, 1.807) is 12.3 Å². The van der Waals surface area contributed by atoms with Crippen LogP contribution >= 0.6 is 0 Å². The van der Waals surface area contributed by atoms with Gasteiger partial charge in [0.2, 0.25) is 0 Å². The average molecular weight is 530 g/mol. The average Bonchev–Trinajstić information content (AvgIpc) is 3.36. The van der Waals surface area contributed by atoms with Gasteiger partial charge in [0.05, 0.1) is 5.69 Å². The number of hydrogen-bond donors (Lipinski definition) is 3. The fourth-order valence-electron chi connectivity index (χ4n) is 5.67. The third-order valence-electron chi connectivity index (χ3n) is 7.45. The van der Waals surface area contributed by atoms with E-state index in [-0.39, 0.29) is 17.3 Å². The Morgan fingerprint density at radius 1 is 1.18 bits per heavy atom. The number of aromatic nitrogens is 2. The Balaban J connectivity index is 1.55. The molecule has 0 radical (unpaired) electrons. The molecule has 0 spiro atoms. The molecule has 2 amide bonds. The van der Waals surface area contributed by atoms with Crippen molar-refractivity contribution >= 4 is 18.1 Å². The zero-order valence-corrected chi connectivity index (χ0v) is 23.0. The van der Waals surface area contributed by atoms with E-state index in [0.717, 1.165) is 56.5 Å². The fourth-order valence-corrected chi connectivity index (χ4v) is 5.67. The maximum Gasteiger partial charge on any atom is 0.415 e. The largest absolute Gasteiger partial charge is 0.415 e. The summed E-state index contributed by atoms with van der Waals surface area (Å²) in [5.41, 5.74) is 3.33. The monoisotopic (exact) mass is 529 g/mol. The predicted molar refractivity (Wildman–Crippen MR) is 143 cm³/mol. The molecule has 210 valence electrons. The van der Waals surface area contributed by atoms with E-state index in [1.807, 2.05) is 20.8 Å². The predicted octanol–water partition coefficient (Wildman–Crippen LogP) is 4.15. The van der Waals surface area contributed by atoms with Crippen LogP contribution in [0.2, 0.25) is 0 Å². The first kappa shape index (κ1) is 28.4. The molecule has 3 N–H and O–H groups in total. The molecule has 2 saturated heterocycles. The van der Waals surface area contributed by atoms with Gasteiger partial charge < -0.3 is 20.1 Å². The summed E-state index contributed by atoms with van der Waals surface area (Å²) in [5.74, 6) is 0.233. The van der Waals surface area contributed by atoms with Crippen molar-refractivity contribution in [3.8, 4) is 6.01 Å². The Morgan fingerprint density at radius 2 is 1.97 bits per heavy atom. The second kappa shape index (κ2) is 13.0. The Kier molecular flexibility index (Phi) is 9.73. The van der Waals surface area contributed by atoms with Crippen molar-refractivity contribution in [2.45, 2.75) is 102 Å². The van der Waals surface area contributed by atoms with Crippen LogP contribution in [0, 0.1) is 5.92 Å². The van der Waals surface area contributed by atoms with Gasteiger partial charge in [0.1, 0.15) is 0 Å². The fraction of sp³-hybridized carbons (Fsp3) is 0.714. The molecule has 2 aliphatic heterocycles. The second-order valence-electron chi connectivity index (χ2n) is 11.8. The summed E-state index contributed by atoms with van der Waals surface area (Å²) in [4.78, 5) is 39.5. The lowest BCUT2D eigenvalue weighted by Gasteiger charge is -2.34. The number of nitrogens with one attached hydrogen (secondary N) is 3. The van der Waals surface area contributed by atoms with Gasteiger partial charge in [-0.25, -0.2) is 20.1 Å². The molecule has 0 bridgehead atoms. The maximum atomic E-state index is 12.5. The van der Waals surface area contributed by atoms with E-state index in [0.29, 0.717) is 12.5 Å². The number of hydrogen-bond acceptors (Lipinski definition) is 8. The molecule has 38 heavy (non-hydrogen) atoms. The summed E-state index contributed by atoms with van der Waals surface area (Å²) in [7, 11) is 0. The Hall–Kier alpha value is -2.56. The lowest BCUT2D eigenvalue weighted by molar-refractivity contribution is -0.198. The molecule has 1 saturated carbocycles. The lowest BCUT2D eigenvalue weighted by Crippen LogP contribution is -2.42. The highest BCUT2D eigenvalue weighted by atomic mass is 16.8. The standard InChI is InChI=1S/C28H43N5O5/c1-27(2,3)32-26(35)37-25-30-18-21(12-13-22(34)33-38-23-11-7-8-16-36-23)24(31-25)28(14-15-29-19-28)17-20-9-5-4-6-10-20/h12-13,18,20,23,29H,4-11,14-17,19H2,1-3H3,(H,32,35)(H,33,34)/t23?,28-/m0/s1. The topological polar surface area (TPSA) is 124 Å². The maximum absolute atomic E-state index is 12.5. The number of nitrogens with zero attached hydrogens (tertiary/aromatic N) is 2. The first-order valence-corrected chi connectivity index (χ1v) is 14.1. The molecule has 1 aromatic heterocycles. The minimum absolute atomic E-state index is 0.0102. The first-order chi connectivity index (χ1) is 18.2. The third-order valence-corrected chi connectivity index (χ3v) is 7.45. The van der Waals surface area contributed by atoms with Crippen LogP contribution in [0.15, 0.2) is 12.3 Å². The van der Waals surface area contributed by atoms with E-state index in [9.17, 15) is 9.59 Å². The van der Waals surface area contributed by atoms with Gasteiger partial charge in [0.15, 0.2) is 6.29 Å². The zero-order valence-electron chi connectivity index (χ0n) is 23.0. The minimum Gasteiger partial charge on any atom is -0.374 e. The van der Waals surface area contributed by atoms with Crippen molar-refractivity contribution < 1.29 is 23.9 Å².